The molecule has 24 heavy (non-hydrogen) atoms. The summed E-state index contributed by atoms with van der Waals surface area (Å²) in [7, 11) is -3.83. The van der Waals surface area contributed by atoms with Crippen molar-refractivity contribution in [2.45, 2.75) is 37.0 Å². The summed E-state index contributed by atoms with van der Waals surface area (Å²) in [4.78, 5) is 2.11. The van der Waals surface area contributed by atoms with E-state index in [2.05, 4.69) is 9.62 Å². The van der Waals surface area contributed by atoms with Gasteiger partial charge in [-0.25, -0.2) is 13.1 Å². The summed E-state index contributed by atoms with van der Waals surface area (Å²) in [5.41, 5.74) is 0.264. The van der Waals surface area contributed by atoms with Gasteiger partial charge in [0.15, 0.2) is 0 Å². The summed E-state index contributed by atoms with van der Waals surface area (Å²) in [5.74, 6) is 0. The molecular weight excluding hydrogens is 330 g/mol. The number of nitrogens with one attached hydrogen (secondary N) is 1. The number of hydrogen-bond donors (Lipinski definition) is 2. The Hall–Kier alpha value is -1.50. The predicted molar refractivity (Wildman–Crippen MR) is 88.8 cm³/mol. The Morgan fingerprint density at radius 2 is 2.12 bits per heavy atom. The van der Waals surface area contributed by atoms with Crippen molar-refractivity contribution in [3.63, 3.8) is 0 Å². The molecule has 1 aliphatic rings. The number of aliphatic hydroxyl groups excluding tert-OH is 1. The van der Waals surface area contributed by atoms with Gasteiger partial charge >= 0.3 is 0 Å². The van der Waals surface area contributed by atoms with E-state index in [1.807, 2.05) is 19.9 Å². The van der Waals surface area contributed by atoms with Crippen LogP contribution in [0.25, 0.3) is 0 Å². The number of rotatable bonds is 7. The van der Waals surface area contributed by atoms with Gasteiger partial charge in [-0.2, -0.15) is 5.26 Å². The first-order valence-corrected chi connectivity index (χ1v) is 9.44. The average Bonchev–Trinajstić information content (AvgIpc) is 2.92. The highest BCUT2D eigenvalue weighted by Gasteiger charge is 2.38. The maximum Gasteiger partial charge on any atom is 0.241 e. The Morgan fingerprint density at radius 1 is 1.42 bits per heavy atom. The fourth-order valence-electron chi connectivity index (χ4n) is 2.68. The lowest BCUT2D eigenvalue weighted by molar-refractivity contribution is 0.0175. The van der Waals surface area contributed by atoms with Crippen LogP contribution in [0.1, 0.15) is 19.4 Å². The molecule has 2 N–H and O–H groups in total. The van der Waals surface area contributed by atoms with E-state index in [-0.39, 0.29) is 17.1 Å². The zero-order chi connectivity index (χ0) is 17.7. The topological polar surface area (TPSA) is 103 Å². The molecule has 0 radical (unpaired) electrons. The SMILES string of the molecule is CCN(CC)CC1OCC(NS(=O)(=O)c2cccc(C#N)c2)C1O. The molecule has 1 heterocycles. The number of nitrogens with zero attached hydrogens (tertiary/aromatic N) is 2. The van der Waals surface area contributed by atoms with Crippen molar-refractivity contribution in [1.82, 2.24) is 9.62 Å². The number of benzene rings is 1. The fourth-order valence-corrected chi connectivity index (χ4v) is 3.97. The summed E-state index contributed by atoms with van der Waals surface area (Å²) in [6, 6.07) is 6.97. The molecule has 1 aromatic rings. The molecule has 7 nitrogen and oxygen atoms in total. The lowest BCUT2D eigenvalue weighted by atomic mass is 10.1. The molecular formula is C16H23N3O4S. The molecule has 0 aromatic heterocycles. The van der Waals surface area contributed by atoms with Gasteiger partial charge in [-0.15, -0.1) is 0 Å². The monoisotopic (exact) mass is 353 g/mol. The minimum atomic E-state index is -3.83. The highest BCUT2D eigenvalue weighted by molar-refractivity contribution is 7.89. The molecule has 3 unspecified atom stereocenters. The van der Waals surface area contributed by atoms with E-state index in [1.54, 1.807) is 0 Å². The van der Waals surface area contributed by atoms with Gasteiger partial charge < -0.3 is 14.7 Å². The molecule has 1 fully saturated rings. The van der Waals surface area contributed by atoms with Gasteiger partial charge in [-0.05, 0) is 31.3 Å². The minimum absolute atomic E-state index is 0.000873. The summed E-state index contributed by atoms with van der Waals surface area (Å²) >= 11 is 0. The van der Waals surface area contributed by atoms with E-state index in [0.29, 0.717) is 6.54 Å². The Balaban J connectivity index is 2.06. The van der Waals surface area contributed by atoms with Gasteiger partial charge in [-0.3, -0.25) is 0 Å². The second-order valence-electron chi connectivity index (χ2n) is 5.72. The van der Waals surface area contributed by atoms with Crippen molar-refractivity contribution in [2.75, 3.05) is 26.2 Å². The summed E-state index contributed by atoms with van der Waals surface area (Å²) in [5, 5.41) is 19.3. The lowest BCUT2D eigenvalue weighted by Crippen LogP contribution is -2.46. The molecule has 0 aliphatic carbocycles. The maximum atomic E-state index is 12.4. The van der Waals surface area contributed by atoms with E-state index < -0.39 is 28.3 Å². The molecule has 1 aromatic carbocycles. The maximum absolute atomic E-state index is 12.4. The van der Waals surface area contributed by atoms with E-state index in [9.17, 15) is 13.5 Å². The number of nitriles is 1. The third kappa shape index (κ3) is 4.32. The van der Waals surface area contributed by atoms with Crippen LogP contribution in [0.4, 0.5) is 0 Å². The second-order valence-corrected chi connectivity index (χ2v) is 7.43. The number of likely N-dealkylation sites (N-methyl/N-ethyl adjacent to an activating group) is 1. The van der Waals surface area contributed by atoms with Crippen LogP contribution in [0.2, 0.25) is 0 Å². The van der Waals surface area contributed by atoms with Crippen molar-refractivity contribution in [3.8, 4) is 6.07 Å². The van der Waals surface area contributed by atoms with Crippen molar-refractivity contribution in [2.24, 2.45) is 0 Å². The third-order valence-corrected chi connectivity index (χ3v) is 5.68. The zero-order valence-electron chi connectivity index (χ0n) is 13.8. The van der Waals surface area contributed by atoms with Gasteiger partial charge in [0.1, 0.15) is 0 Å². The molecule has 0 spiro atoms. The number of hydrogen-bond acceptors (Lipinski definition) is 6. The summed E-state index contributed by atoms with van der Waals surface area (Å²) < 4.78 is 32.9. The Bertz CT molecular complexity index is 698. The van der Waals surface area contributed by atoms with Crippen molar-refractivity contribution in [1.29, 1.82) is 5.26 Å². The van der Waals surface area contributed by atoms with E-state index in [1.165, 1.54) is 24.3 Å². The number of aliphatic hydroxyl groups is 1. The van der Waals surface area contributed by atoms with Crippen LogP contribution in [-0.4, -0.2) is 62.9 Å². The molecule has 8 heteroatoms. The fraction of sp³-hybridized carbons (Fsp3) is 0.562. The highest BCUT2D eigenvalue weighted by Crippen LogP contribution is 2.19. The first-order valence-electron chi connectivity index (χ1n) is 7.95. The van der Waals surface area contributed by atoms with Crippen LogP contribution in [0.15, 0.2) is 29.2 Å². The van der Waals surface area contributed by atoms with Gasteiger partial charge in [0.05, 0.1) is 41.4 Å². The second kappa shape index (κ2) is 8.05. The normalized spacial score (nSPS) is 24.2. The van der Waals surface area contributed by atoms with Crippen LogP contribution >= 0.6 is 0 Å². The van der Waals surface area contributed by atoms with Crippen molar-refractivity contribution >= 4 is 10.0 Å². The molecule has 132 valence electrons. The lowest BCUT2D eigenvalue weighted by Gasteiger charge is -2.24. The van der Waals surface area contributed by atoms with Crippen molar-refractivity contribution in [3.05, 3.63) is 29.8 Å². The Kier molecular flexibility index (Phi) is 6.32. The van der Waals surface area contributed by atoms with E-state index >= 15 is 0 Å². The third-order valence-electron chi connectivity index (χ3n) is 4.20. The van der Waals surface area contributed by atoms with E-state index in [4.69, 9.17) is 10.00 Å². The molecule has 2 rings (SSSR count). The van der Waals surface area contributed by atoms with Crippen LogP contribution in [0.5, 0.6) is 0 Å². The van der Waals surface area contributed by atoms with Crippen LogP contribution in [0, 0.1) is 11.3 Å². The standard InChI is InChI=1S/C16H23N3O4S/c1-3-19(4-2)10-15-16(20)14(11-23-15)18-24(21,22)13-7-5-6-12(8-13)9-17/h5-8,14-16,18,20H,3-4,10-11H2,1-2H3. The zero-order valence-corrected chi connectivity index (χ0v) is 14.7. The first-order chi connectivity index (χ1) is 11.4. The molecule has 1 saturated heterocycles. The van der Waals surface area contributed by atoms with Gasteiger partial charge in [0.2, 0.25) is 10.0 Å². The van der Waals surface area contributed by atoms with E-state index in [0.717, 1.165) is 13.1 Å². The van der Waals surface area contributed by atoms with Crippen LogP contribution in [-0.2, 0) is 14.8 Å². The average molecular weight is 353 g/mol. The first kappa shape index (κ1) is 18.8. The highest BCUT2D eigenvalue weighted by atomic mass is 32.2. The molecule has 0 amide bonds. The quantitative estimate of drug-likeness (QED) is 0.731. The number of sulfonamides is 1. The molecule has 0 saturated carbocycles. The van der Waals surface area contributed by atoms with Crippen molar-refractivity contribution < 1.29 is 18.3 Å². The van der Waals surface area contributed by atoms with Crippen LogP contribution in [0.3, 0.4) is 0 Å². The molecule has 1 aliphatic heterocycles. The summed E-state index contributed by atoms with van der Waals surface area (Å²) in [6.07, 6.45) is -1.34. The molecule has 0 bridgehead atoms. The molecule has 3 atom stereocenters. The predicted octanol–water partition coefficient (Wildman–Crippen LogP) is 0.307. The smallest absolute Gasteiger partial charge is 0.241 e. The Morgan fingerprint density at radius 3 is 2.75 bits per heavy atom. The minimum Gasteiger partial charge on any atom is -0.389 e. The van der Waals surface area contributed by atoms with Gasteiger partial charge in [-0.1, -0.05) is 19.9 Å². The van der Waals surface area contributed by atoms with Gasteiger partial charge in [0.25, 0.3) is 0 Å². The van der Waals surface area contributed by atoms with Crippen LogP contribution < -0.4 is 4.72 Å². The Labute approximate surface area is 142 Å². The van der Waals surface area contributed by atoms with Gasteiger partial charge in [0, 0.05) is 6.54 Å². The number of ether oxygens (including phenoxy) is 1. The largest absolute Gasteiger partial charge is 0.389 e. The summed E-state index contributed by atoms with van der Waals surface area (Å²) in [6.45, 7) is 6.38.